The van der Waals surface area contributed by atoms with Crippen LogP contribution in [0.1, 0.15) is 5.56 Å². The molecule has 16 heavy (non-hydrogen) atoms. The molecule has 1 atom stereocenters. The molecule has 0 bridgehead atoms. The average Bonchev–Trinajstić information content (AvgIpc) is 2.29. The zero-order valence-corrected chi connectivity index (χ0v) is 8.93. The van der Waals surface area contributed by atoms with Crippen molar-refractivity contribution < 1.29 is 10.2 Å². The summed E-state index contributed by atoms with van der Waals surface area (Å²) in [6.45, 7) is -0.00633. The summed E-state index contributed by atoms with van der Waals surface area (Å²) in [6, 6.07) is 11.0. The van der Waals surface area contributed by atoms with Crippen LogP contribution in [0, 0.1) is 0 Å². The van der Waals surface area contributed by atoms with E-state index in [1.165, 1.54) is 0 Å². The molecule has 0 aromatic heterocycles. The van der Waals surface area contributed by atoms with Gasteiger partial charge in [-0.3, -0.25) is 0 Å². The topological polar surface area (TPSA) is 66.5 Å². The predicted molar refractivity (Wildman–Crippen MR) is 64.4 cm³/mol. The molecule has 2 aromatic carbocycles. The number of aromatic hydroxyl groups is 1. The first-order chi connectivity index (χ1) is 7.69. The molecule has 3 heteroatoms. The molecule has 0 aliphatic carbocycles. The van der Waals surface area contributed by atoms with Crippen LogP contribution < -0.4 is 5.73 Å². The molecule has 0 aliphatic heterocycles. The number of phenolic OH excluding ortho intramolecular Hbond substituents is 1. The van der Waals surface area contributed by atoms with Crippen molar-refractivity contribution in [2.75, 3.05) is 6.61 Å². The molecule has 1 unspecified atom stereocenters. The maximum atomic E-state index is 9.33. The van der Waals surface area contributed by atoms with Crippen LogP contribution in [-0.4, -0.2) is 22.9 Å². The highest BCUT2D eigenvalue weighted by atomic mass is 16.3. The van der Waals surface area contributed by atoms with Crippen molar-refractivity contribution in [2.24, 2.45) is 5.73 Å². The van der Waals surface area contributed by atoms with E-state index in [9.17, 15) is 5.11 Å². The second-order valence-corrected chi connectivity index (χ2v) is 4.01. The Labute approximate surface area is 94.1 Å². The summed E-state index contributed by atoms with van der Waals surface area (Å²) >= 11 is 0. The summed E-state index contributed by atoms with van der Waals surface area (Å²) < 4.78 is 0. The van der Waals surface area contributed by atoms with Crippen molar-refractivity contribution in [2.45, 2.75) is 12.5 Å². The lowest BCUT2D eigenvalue weighted by atomic mass is 10.0. The van der Waals surface area contributed by atoms with Gasteiger partial charge < -0.3 is 15.9 Å². The number of aliphatic hydroxyl groups excluding tert-OH is 1. The molecule has 2 aromatic rings. The largest absolute Gasteiger partial charge is 0.508 e. The highest BCUT2D eigenvalue weighted by Gasteiger charge is 2.03. The van der Waals surface area contributed by atoms with E-state index < -0.39 is 0 Å². The number of aliphatic hydroxyl groups is 1. The van der Waals surface area contributed by atoms with Crippen LogP contribution in [-0.2, 0) is 6.42 Å². The van der Waals surface area contributed by atoms with Gasteiger partial charge in [-0.15, -0.1) is 0 Å². The second kappa shape index (κ2) is 4.51. The van der Waals surface area contributed by atoms with Crippen LogP contribution in [0.4, 0.5) is 0 Å². The Hall–Kier alpha value is -1.58. The highest BCUT2D eigenvalue weighted by Crippen LogP contribution is 2.21. The van der Waals surface area contributed by atoms with Gasteiger partial charge in [0.2, 0.25) is 0 Å². The van der Waals surface area contributed by atoms with Crippen molar-refractivity contribution in [1.29, 1.82) is 0 Å². The number of hydrogen-bond acceptors (Lipinski definition) is 3. The molecule has 0 aliphatic rings. The van der Waals surface area contributed by atoms with E-state index in [1.54, 1.807) is 12.1 Å². The van der Waals surface area contributed by atoms with Gasteiger partial charge in [-0.1, -0.05) is 24.3 Å². The van der Waals surface area contributed by atoms with Crippen molar-refractivity contribution >= 4 is 10.8 Å². The van der Waals surface area contributed by atoms with Crippen LogP contribution in [0.5, 0.6) is 5.75 Å². The summed E-state index contributed by atoms with van der Waals surface area (Å²) in [5.41, 5.74) is 6.78. The maximum absolute atomic E-state index is 9.33. The summed E-state index contributed by atoms with van der Waals surface area (Å²) in [6.07, 6.45) is 0.660. The number of phenols is 1. The van der Waals surface area contributed by atoms with Gasteiger partial charge in [0, 0.05) is 6.04 Å². The molecule has 0 spiro atoms. The van der Waals surface area contributed by atoms with E-state index in [-0.39, 0.29) is 18.4 Å². The molecular weight excluding hydrogens is 202 g/mol. The van der Waals surface area contributed by atoms with Gasteiger partial charge >= 0.3 is 0 Å². The Morgan fingerprint density at radius 2 is 1.75 bits per heavy atom. The normalized spacial score (nSPS) is 12.9. The molecule has 3 nitrogen and oxygen atoms in total. The van der Waals surface area contributed by atoms with Gasteiger partial charge in [0.05, 0.1) is 6.61 Å². The molecule has 0 radical (unpaired) electrons. The fraction of sp³-hybridized carbons (Fsp3) is 0.231. The summed E-state index contributed by atoms with van der Waals surface area (Å²) in [7, 11) is 0. The van der Waals surface area contributed by atoms with Gasteiger partial charge in [0.1, 0.15) is 5.75 Å². The minimum atomic E-state index is -0.213. The van der Waals surface area contributed by atoms with Gasteiger partial charge in [-0.2, -0.15) is 0 Å². The first-order valence-electron chi connectivity index (χ1n) is 5.27. The lowest BCUT2D eigenvalue weighted by molar-refractivity contribution is 0.265. The molecule has 0 amide bonds. The van der Waals surface area contributed by atoms with Crippen LogP contribution in [0.15, 0.2) is 36.4 Å². The van der Waals surface area contributed by atoms with E-state index in [0.29, 0.717) is 6.42 Å². The quantitative estimate of drug-likeness (QED) is 0.728. The zero-order valence-electron chi connectivity index (χ0n) is 8.93. The molecule has 2 rings (SSSR count). The van der Waals surface area contributed by atoms with Crippen molar-refractivity contribution in [3.8, 4) is 5.75 Å². The number of hydrogen-bond donors (Lipinski definition) is 3. The second-order valence-electron chi connectivity index (χ2n) is 4.01. The SMILES string of the molecule is NC(CO)Cc1ccc2cc(O)ccc2c1. The van der Waals surface area contributed by atoms with Crippen LogP contribution in [0.3, 0.4) is 0 Å². The molecule has 0 saturated heterocycles. The summed E-state index contributed by atoms with van der Waals surface area (Å²) in [5.74, 6) is 0.271. The molecule has 84 valence electrons. The van der Waals surface area contributed by atoms with Crippen molar-refractivity contribution in [3.05, 3.63) is 42.0 Å². The van der Waals surface area contributed by atoms with Crippen molar-refractivity contribution in [1.82, 2.24) is 0 Å². The smallest absolute Gasteiger partial charge is 0.116 e. The first kappa shape index (κ1) is 10.9. The molecule has 0 fully saturated rings. The third-order valence-corrected chi connectivity index (χ3v) is 2.62. The van der Waals surface area contributed by atoms with Gasteiger partial charge in [0.15, 0.2) is 0 Å². The van der Waals surface area contributed by atoms with Crippen LogP contribution in [0.2, 0.25) is 0 Å². The first-order valence-corrected chi connectivity index (χ1v) is 5.27. The minimum Gasteiger partial charge on any atom is -0.508 e. The zero-order chi connectivity index (χ0) is 11.5. The predicted octanol–water partition coefficient (Wildman–Crippen LogP) is 1.41. The highest BCUT2D eigenvalue weighted by molar-refractivity contribution is 5.84. The lowest BCUT2D eigenvalue weighted by Gasteiger charge is -2.08. The number of nitrogens with two attached hydrogens (primary N) is 1. The fourth-order valence-electron chi connectivity index (χ4n) is 1.78. The summed E-state index contributed by atoms with van der Waals surface area (Å²) in [5, 5.41) is 20.3. The van der Waals surface area contributed by atoms with Crippen LogP contribution >= 0.6 is 0 Å². The number of benzene rings is 2. The van der Waals surface area contributed by atoms with E-state index in [2.05, 4.69) is 0 Å². The standard InChI is InChI=1S/C13H15NO2/c14-12(8-15)6-9-1-2-11-7-13(16)4-3-10(11)5-9/h1-5,7,12,15-16H,6,8,14H2. The summed E-state index contributed by atoms with van der Waals surface area (Å²) in [4.78, 5) is 0. The monoisotopic (exact) mass is 217 g/mol. The molecule has 4 N–H and O–H groups in total. The Balaban J connectivity index is 2.33. The van der Waals surface area contributed by atoms with Gasteiger partial charge in [-0.25, -0.2) is 0 Å². The number of fused-ring (bicyclic) bond motifs is 1. The number of rotatable bonds is 3. The van der Waals surface area contributed by atoms with E-state index in [0.717, 1.165) is 16.3 Å². The van der Waals surface area contributed by atoms with E-state index in [4.69, 9.17) is 10.8 Å². The van der Waals surface area contributed by atoms with E-state index in [1.807, 2.05) is 24.3 Å². The molecule has 0 saturated carbocycles. The Morgan fingerprint density at radius 3 is 2.50 bits per heavy atom. The Morgan fingerprint density at radius 1 is 1.06 bits per heavy atom. The third-order valence-electron chi connectivity index (χ3n) is 2.62. The Kier molecular flexibility index (Phi) is 3.08. The fourth-order valence-corrected chi connectivity index (χ4v) is 1.78. The van der Waals surface area contributed by atoms with Crippen molar-refractivity contribution in [3.63, 3.8) is 0 Å². The van der Waals surface area contributed by atoms with Gasteiger partial charge in [0.25, 0.3) is 0 Å². The van der Waals surface area contributed by atoms with Gasteiger partial charge in [-0.05, 0) is 34.9 Å². The minimum absolute atomic E-state index is 0.00633. The Bertz CT molecular complexity index is 496. The molecular formula is C13H15NO2. The van der Waals surface area contributed by atoms with E-state index >= 15 is 0 Å². The molecule has 0 heterocycles. The lowest BCUT2D eigenvalue weighted by Crippen LogP contribution is -2.26. The third kappa shape index (κ3) is 2.32. The van der Waals surface area contributed by atoms with Crippen LogP contribution in [0.25, 0.3) is 10.8 Å². The average molecular weight is 217 g/mol. The maximum Gasteiger partial charge on any atom is 0.116 e.